The first-order valence-corrected chi connectivity index (χ1v) is 10.6. The minimum Gasteiger partial charge on any atom is -0.420 e. The Hall–Kier alpha value is -3.26. The SMILES string of the molecule is Cc1ccc(NC(=O)N2CC(c3nnc(-c4ccncc4)o3)C3(CCOCC3)C2)cc1. The van der Waals surface area contributed by atoms with Crippen molar-refractivity contribution in [3.63, 3.8) is 0 Å². The number of carbonyl (C=O) groups excluding carboxylic acids is 1. The molecule has 2 saturated heterocycles. The molecule has 0 bridgehead atoms. The van der Waals surface area contributed by atoms with Gasteiger partial charge in [0.2, 0.25) is 11.8 Å². The van der Waals surface area contributed by atoms with Gasteiger partial charge in [-0.15, -0.1) is 10.2 Å². The van der Waals surface area contributed by atoms with E-state index in [1.165, 1.54) is 0 Å². The lowest BCUT2D eigenvalue weighted by Gasteiger charge is -2.36. The molecule has 0 saturated carbocycles. The van der Waals surface area contributed by atoms with Gasteiger partial charge in [0.1, 0.15) is 0 Å². The number of benzene rings is 1. The zero-order valence-electron chi connectivity index (χ0n) is 17.5. The topological polar surface area (TPSA) is 93.4 Å². The molecule has 160 valence electrons. The van der Waals surface area contributed by atoms with Gasteiger partial charge < -0.3 is 19.4 Å². The summed E-state index contributed by atoms with van der Waals surface area (Å²) >= 11 is 0. The van der Waals surface area contributed by atoms with Crippen LogP contribution in [0.2, 0.25) is 0 Å². The molecule has 4 heterocycles. The van der Waals surface area contributed by atoms with Gasteiger partial charge in [0.15, 0.2) is 0 Å². The van der Waals surface area contributed by atoms with E-state index in [0.29, 0.717) is 38.1 Å². The molecule has 8 heteroatoms. The first-order valence-electron chi connectivity index (χ1n) is 10.6. The van der Waals surface area contributed by atoms with E-state index >= 15 is 0 Å². The summed E-state index contributed by atoms with van der Waals surface area (Å²) in [7, 11) is 0. The van der Waals surface area contributed by atoms with E-state index in [9.17, 15) is 4.79 Å². The Bertz CT molecular complexity index is 1040. The predicted octanol–water partition coefficient (Wildman–Crippen LogP) is 3.87. The number of rotatable bonds is 3. The lowest BCUT2D eigenvalue weighted by atomic mass is 9.72. The normalized spacial score (nSPS) is 20.2. The Balaban J connectivity index is 1.39. The van der Waals surface area contributed by atoms with Gasteiger partial charge in [0.25, 0.3) is 0 Å². The molecule has 0 radical (unpaired) electrons. The maximum Gasteiger partial charge on any atom is 0.321 e. The number of aryl methyl sites for hydroxylation is 1. The van der Waals surface area contributed by atoms with Gasteiger partial charge in [0.05, 0.1) is 5.92 Å². The lowest BCUT2D eigenvalue weighted by molar-refractivity contribution is 0.0104. The molecule has 1 N–H and O–H groups in total. The number of hydrogen-bond donors (Lipinski definition) is 1. The molecule has 2 aliphatic heterocycles. The fourth-order valence-corrected chi connectivity index (χ4v) is 4.57. The van der Waals surface area contributed by atoms with Crippen LogP contribution in [0.1, 0.15) is 30.2 Å². The van der Waals surface area contributed by atoms with Crippen LogP contribution in [-0.2, 0) is 4.74 Å². The number of hydrogen-bond acceptors (Lipinski definition) is 6. The minimum atomic E-state index is -0.120. The number of anilines is 1. The van der Waals surface area contributed by atoms with Crippen LogP contribution in [0.3, 0.4) is 0 Å². The maximum absolute atomic E-state index is 13.0. The number of pyridine rings is 1. The van der Waals surface area contributed by atoms with Gasteiger partial charge in [-0.3, -0.25) is 4.98 Å². The number of nitrogens with one attached hydrogen (secondary N) is 1. The standard InChI is InChI=1S/C23H25N5O3/c1-16-2-4-18(5-3-16)25-22(29)28-14-19(23(15-28)8-12-30-13-9-23)21-27-26-20(31-21)17-6-10-24-11-7-17/h2-7,10-11,19H,8-9,12-15H2,1H3,(H,25,29). The Labute approximate surface area is 180 Å². The highest BCUT2D eigenvalue weighted by Crippen LogP contribution is 2.49. The quantitative estimate of drug-likeness (QED) is 0.693. The summed E-state index contributed by atoms with van der Waals surface area (Å²) in [6.07, 6.45) is 5.12. The summed E-state index contributed by atoms with van der Waals surface area (Å²) in [5.74, 6) is 1.03. The van der Waals surface area contributed by atoms with E-state index in [1.807, 2.05) is 48.2 Å². The molecule has 2 fully saturated rings. The number of likely N-dealkylation sites (tertiary alicyclic amines) is 1. The van der Waals surface area contributed by atoms with Crippen molar-refractivity contribution in [1.29, 1.82) is 0 Å². The highest BCUT2D eigenvalue weighted by molar-refractivity contribution is 5.89. The van der Waals surface area contributed by atoms with Gasteiger partial charge in [-0.25, -0.2) is 4.79 Å². The van der Waals surface area contributed by atoms with Crippen LogP contribution < -0.4 is 5.32 Å². The molecule has 3 aromatic rings. The molecule has 1 spiro atoms. The summed E-state index contributed by atoms with van der Waals surface area (Å²) in [6.45, 7) is 4.56. The number of urea groups is 1. The maximum atomic E-state index is 13.0. The smallest absolute Gasteiger partial charge is 0.321 e. The van der Waals surface area contributed by atoms with E-state index < -0.39 is 0 Å². The summed E-state index contributed by atoms with van der Waals surface area (Å²) in [6, 6.07) is 11.4. The van der Waals surface area contributed by atoms with Gasteiger partial charge in [-0.2, -0.15) is 0 Å². The minimum absolute atomic E-state index is 0.0248. The molecule has 5 rings (SSSR count). The third-order valence-electron chi connectivity index (χ3n) is 6.39. The van der Waals surface area contributed by atoms with E-state index in [-0.39, 0.29) is 17.4 Å². The van der Waals surface area contributed by atoms with Gasteiger partial charge in [-0.1, -0.05) is 17.7 Å². The number of carbonyl (C=O) groups is 1. The summed E-state index contributed by atoms with van der Waals surface area (Å²) < 4.78 is 11.7. The second-order valence-corrected chi connectivity index (χ2v) is 8.39. The van der Waals surface area contributed by atoms with Crippen molar-refractivity contribution in [3.05, 3.63) is 60.2 Å². The molecule has 2 aromatic heterocycles. The molecule has 1 unspecified atom stereocenters. The molecule has 8 nitrogen and oxygen atoms in total. The molecule has 1 aromatic carbocycles. The first kappa shape index (κ1) is 19.7. The molecule has 2 aliphatic rings. The zero-order chi connectivity index (χ0) is 21.3. The second-order valence-electron chi connectivity index (χ2n) is 8.39. The van der Waals surface area contributed by atoms with Gasteiger partial charge in [0, 0.05) is 55.4 Å². The molecule has 31 heavy (non-hydrogen) atoms. The Morgan fingerprint density at radius 2 is 1.84 bits per heavy atom. The van der Waals surface area contributed by atoms with Crippen LogP contribution in [0.5, 0.6) is 0 Å². The van der Waals surface area contributed by atoms with Crippen molar-refractivity contribution in [3.8, 4) is 11.5 Å². The second kappa shape index (κ2) is 8.11. The molecule has 1 atom stereocenters. The third kappa shape index (κ3) is 3.90. The fourth-order valence-electron chi connectivity index (χ4n) is 4.57. The van der Waals surface area contributed by atoms with Crippen LogP contribution >= 0.6 is 0 Å². The summed E-state index contributed by atoms with van der Waals surface area (Å²) in [4.78, 5) is 18.9. The summed E-state index contributed by atoms with van der Waals surface area (Å²) in [5.41, 5.74) is 2.66. The van der Waals surface area contributed by atoms with E-state index in [4.69, 9.17) is 9.15 Å². The molecule has 0 aliphatic carbocycles. The predicted molar refractivity (Wildman–Crippen MR) is 115 cm³/mol. The van der Waals surface area contributed by atoms with Gasteiger partial charge in [-0.05, 0) is 44.0 Å². The monoisotopic (exact) mass is 419 g/mol. The van der Waals surface area contributed by atoms with Gasteiger partial charge >= 0.3 is 6.03 Å². The van der Waals surface area contributed by atoms with Crippen molar-refractivity contribution in [2.75, 3.05) is 31.6 Å². The summed E-state index contributed by atoms with van der Waals surface area (Å²) in [5, 5.41) is 11.7. The van der Waals surface area contributed by atoms with E-state index in [1.54, 1.807) is 12.4 Å². The van der Waals surface area contributed by atoms with Crippen molar-refractivity contribution < 1.29 is 13.9 Å². The fraction of sp³-hybridized carbons (Fsp3) is 0.391. The van der Waals surface area contributed by atoms with E-state index in [2.05, 4.69) is 20.5 Å². The van der Waals surface area contributed by atoms with Crippen molar-refractivity contribution in [2.45, 2.75) is 25.7 Å². The first-order chi connectivity index (χ1) is 15.1. The van der Waals surface area contributed by atoms with Crippen molar-refractivity contribution in [1.82, 2.24) is 20.1 Å². The average Bonchev–Trinajstić information content (AvgIpc) is 3.42. The highest BCUT2D eigenvalue weighted by atomic mass is 16.5. The van der Waals surface area contributed by atoms with Crippen LogP contribution in [-0.4, -0.2) is 52.4 Å². The van der Waals surface area contributed by atoms with Crippen molar-refractivity contribution in [2.24, 2.45) is 5.41 Å². The van der Waals surface area contributed by atoms with Crippen LogP contribution in [0.25, 0.3) is 11.5 Å². The number of amides is 2. The van der Waals surface area contributed by atoms with E-state index in [0.717, 1.165) is 29.7 Å². The number of ether oxygens (including phenoxy) is 1. The molecule has 2 amide bonds. The largest absolute Gasteiger partial charge is 0.420 e. The molecular formula is C23H25N5O3. The molecular weight excluding hydrogens is 394 g/mol. The number of nitrogens with zero attached hydrogens (tertiary/aromatic N) is 4. The Kier molecular flexibility index (Phi) is 5.15. The lowest BCUT2D eigenvalue weighted by Crippen LogP contribution is -2.38. The zero-order valence-corrected chi connectivity index (χ0v) is 17.5. The highest BCUT2D eigenvalue weighted by Gasteiger charge is 2.51. The average molecular weight is 419 g/mol. The Morgan fingerprint density at radius 3 is 2.58 bits per heavy atom. The number of aromatic nitrogens is 3. The third-order valence-corrected chi connectivity index (χ3v) is 6.39. The van der Waals surface area contributed by atoms with Crippen molar-refractivity contribution >= 4 is 11.7 Å². The Morgan fingerprint density at radius 1 is 1.10 bits per heavy atom. The van der Waals surface area contributed by atoms with Crippen LogP contribution in [0.15, 0.2) is 53.2 Å². The van der Waals surface area contributed by atoms with Crippen LogP contribution in [0, 0.1) is 12.3 Å². The van der Waals surface area contributed by atoms with Crippen LogP contribution in [0.4, 0.5) is 10.5 Å².